The zero-order valence-corrected chi connectivity index (χ0v) is 18.0. The van der Waals surface area contributed by atoms with E-state index in [9.17, 15) is 18.0 Å². The SMILES string of the molecule is CNc1ncc(Cc2ccc(C(F)(F)F)cc2)s1.O=Cc1cnc(-c2ccccc2)s1. The van der Waals surface area contributed by atoms with E-state index in [0.717, 1.165) is 44.6 Å². The molecule has 4 rings (SSSR count). The summed E-state index contributed by atoms with van der Waals surface area (Å²) in [4.78, 5) is 20.4. The van der Waals surface area contributed by atoms with Gasteiger partial charge in [-0.05, 0) is 17.7 Å². The van der Waals surface area contributed by atoms with Gasteiger partial charge in [-0.2, -0.15) is 13.2 Å². The summed E-state index contributed by atoms with van der Waals surface area (Å²) < 4.78 is 37.1. The van der Waals surface area contributed by atoms with E-state index in [-0.39, 0.29) is 0 Å². The third-order valence-corrected chi connectivity index (χ3v) is 6.07. The highest BCUT2D eigenvalue weighted by molar-refractivity contribution is 7.16. The van der Waals surface area contributed by atoms with Gasteiger partial charge in [0.2, 0.25) is 0 Å². The highest BCUT2D eigenvalue weighted by Crippen LogP contribution is 2.30. The smallest absolute Gasteiger partial charge is 0.365 e. The van der Waals surface area contributed by atoms with Crippen molar-refractivity contribution in [2.45, 2.75) is 12.6 Å². The van der Waals surface area contributed by atoms with Crippen LogP contribution in [0.2, 0.25) is 0 Å². The van der Waals surface area contributed by atoms with Crippen molar-refractivity contribution in [3.05, 3.63) is 87.9 Å². The average Bonchev–Trinajstić information content (AvgIpc) is 3.44. The maximum absolute atomic E-state index is 12.4. The summed E-state index contributed by atoms with van der Waals surface area (Å²) in [6.45, 7) is 0. The van der Waals surface area contributed by atoms with Gasteiger partial charge in [0.25, 0.3) is 0 Å². The number of thiazole rings is 2. The molecule has 0 amide bonds. The molecule has 31 heavy (non-hydrogen) atoms. The Balaban J connectivity index is 0.000000185. The Morgan fingerprint density at radius 1 is 0.968 bits per heavy atom. The number of benzene rings is 2. The zero-order chi connectivity index (χ0) is 22.3. The molecule has 0 saturated heterocycles. The fourth-order valence-corrected chi connectivity index (χ4v) is 4.11. The molecule has 2 aromatic carbocycles. The monoisotopic (exact) mass is 461 g/mol. The highest BCUT2D eigenvalue weighted by Gasteiger charge is 2.29. The van der Waals surface area contributed by atoms with Gasteiger partial charge in [-0.3, -0.25) is 4.79 Å². The van der Waals surface area contributed by atoms with Crippen LogP contribution in [0.1, 0.15) is 25.7 Å². The minimum Gasteiger partial charge on any atom is -0.365 e. The van der Waals surface area contributed by atoms with Crippen LogP contribution in [0.3, 0.4) is 0 Å². The Morgan fingerprint density at radius 3 is 2.23 bits per heavy atom. The maximum Gasteiger partial charge on any atom is 0.416 e. The van der Waals surface area contributed by atoms with Crippen molar-refractivity contribution in [2.75, 3.05) is 12.4 Å². The van der Waals surface area contributed by atoms with Gasteiger partial charge in [0.15, 0.2) is 11.4 Å². The summed E-state index contributed by atoms with van der Waals surface area (Å²) >= 11 is 2.90. The van der Waals surface area contributed by atoms with Gasteiger partial charge < -0.3 is 5.32 Å². The van der Waals surface area contributed by atoms with Crippen LogP contribution in [-0.4, -0.2) is 23.3 Å². The third kappa shape index (κ3) is 6.47. The minimum atomic E-state index is -4.28. The van der Waals surface area contributed by atoms with Crippen molar-refractivity contribution in [1.29, 1.82) is 0 Å². The first kappa shape index (κ1) is 22.6. The molecule has 0 aliphatic carbocycles. The molecule has 4 aromatic rings. The first-order chi connectivity index (χ1) is 14.9. The molecule has 0 atom stereocenters. The maximum atomic E-state index is 12.4. The lowest BCUT2D eigenvalue weighted by atomic mass is 10.1. The Kier molecular flexibility index (Phi) is 7.54. The first-order valence-corrected chi connectivity index (χ1v) is 10.8. The van der Waals surface area contributed by atoms with Crippen LogP contribution >= 0.6 is 22.7 Å². The highest BCUT2D eigenvalue weighted by atomic mass is 32.1. The quantitative estimate of drug-likeness (QED) is 0.349. The summed E-state index contributed by atoms with van der Waals surface area (Å²) in [5, 5.41) is 4.61. The number of aromatic nitrogens is 2. The van der Waals surface area contributed by atoms with Gasteiger partial charge in [-0.25, -0.2) is 9.97 Å². The number of nitrogens with zero attached hydrogens (tertiary/aromatic N) is 2. The third-order valence-electron chi connectivity index (χ3n) is 4.09. The molecule has 0 unspecified atom stereocenters. The zero-order valence-electron chi connectivity index (χ0n) is 16.4. The van der Waals surface area contributed by atoms with Gasteiger partial charge >= 0.3 is 6.18 Å². The molecule has 0 saturated carbocycles. The number of rotatable bonds is 5. The summed E-state index contributed by atoms with van der Waals surface area (Å²) in [6, 6.07) is 15.0. The van der Waals surface area contributed by atoms with Crippen LogP contribution in [0.15, 0.2) is 67.0 Å². The average molecular weight is 462 g/mol. The molecule has 0 aliphatic rings. The van der Waals surface area contributed by atoms with Crippen molar-refractivity contribution < 1.29 is 18.0 Å². The molecule has 1 N–H and O–H groups in total. The van der Waals surface area contributed by atoms with Crippen LogP contribution in [0.5, 0.6) is 0 Å². The lowest BCUT2D eigenvalue weighted by Gasteiger charge is -2.06. The molecule has 0 fully saturated rings. The number of alkyl halides is 3. The topological polar surface area (TPSA) is 54.9 Å². The van der Waals surface area contributed by atoms with Gasteiger partial charge in [0, 0.05) is 36.3 Å². The van der Waals surface area contributed by atoms with E-state index >= 15 is 0 Å². The number of hydrogen-bond acceptors (Lipinski definition) is 6. The number of carbonyl (C=O) groups is 1. The van der Waals surface area contributed by atoms with Crippen molar-refractivity contribution in [3.63, 3.8) is 0 Å². The Labute approximate surface area is 185 Å². The normalized spacial score (nSPS) is 10.8. The van der Waals surface area contributed by atoms with Crippen LogP contribution in [-0.2, 0) is 12.6 Å². The second kappa shape index (κ2) is 10.3. The molecular weight excluding hydrogens is 443 g/mol. The summed E-state index contributed by atoms with van der Waals surface area (Å²) in [5.74, 6) is 0. The molecule has 160 valence electrons. The van der Waals surface area contributed by atoms with Crippen molar-refractivity contribution >= 4 is 34.1 Å². The number of carbonyl (C=O) groups excluding carboxylic acids is 1. The van der Waals surface area contributed by atoms with E-state index in [0.29, 0.717) is 11.3 Å². The van der Waals surface area contributed by atoms with Crippen LogP contribution in [0.25, 0.3) is 10.6 Å². The molecule has 9 heteroatoms. The van der Waals surface area contributed by atoms with E-state index in [4.69, 9.17) is 0 Å². The van der Waals surface area contributed by atoms with Crippen molar-refractivity contribution in [1.82, 2.24) is 9.97 Å². The number of halogens is 3. The molecule has 0 radical (unpaired) electrons. The molecule has 0 bridgehead atoms. The fraction of sp³-hybridized carbons (Fsp3) is 0.136. The largest absolute Gasteiger partial charge is 0.416 e. The van der Waals surface area contributed by atoms with Crippen molar-refractivity contribution in [2.24, 2.45) is 0 Å². The number of anilines is 1. The second-order valence-electron chi connectivity index (χ2n) is 6.30. The van der Waals surface area contributed by atoms with E-state index in [1.165, 1.54) is 34.8 Å². The van der Waals surface area contributed by atoms with Crippen LogP contribution in [0, 0.1) is 0 Å². The Bertz CT molecular complexity index is 1110. The molecule has 2 aromatic heterocycles. The van der Waals surface area contributed by atoms with E-state index in [1.54, 1.807) is 19.4 Å². The van der Waals surface area contributed by atoms with Crippen LogP contribution < -0.4 is 5.32 Å². The minimum absolute atomic E-state index is 0.595. The number of hydrogen-bond donors (Lipinski definition) is 1. The van der Waals surface area contributed by atoms with Gasteiger partial charge in [-0.1, -0.05) is 42.5 Å². The lowest BCUT2D eigenvalue weighted by molar-refractivity contribution is -0.137. The van der Waals surface area contributed by atoms with Crippen molar-refractivity contribution in [3.8, 4) is 10.6 Å². The number of nitrogens with one attached hydrogen (secondary N) is 1. The predicted octanol–water partition coefficient (Wildman–Crippen LogP) is 6.42. The number of aldehydes is 1. The van der Waals surface area contributed by atoms with Crippen LogP contribution in [0.4, 0.5) is 18.3 Å². The standard InChI is InChI=1S/C12H11F3N2S.C10H7NOS/c1-16-11-17-7-10(18-11)6-8-2-4-9(5-3-8)12(13,14)15;12-7-9-6-11-10(13-9)8-4-2-1-3-5-8/h2-5,7H,6H2,1H3,(H,16,17);1-7H. The fourth-order valence-electron chi connectivity index (χ4n) is 2.57. The Hall–Kier alpha value is -3.04. The van der Waals surface area contributed by atoms with Gasteiger partial charge in [-0.15, -0.1) is 22.7 Å². The summed E-state index contributed by atoms with van der Waals surface area (Å²) in [6.07, 6.45) is 0.470. The van der Waals surface area contributed by atoms with E-state index < -0.39 is 11.7 Å². The first-order valence-electron chi connectivity index (χ1n) is 9.14. The molecule has 0 aliphatic heterocycles. The Morgan fingerprint density at radius 2 is 1.68 bits per heavy atom. The molecule has 4 nitrogen and oxygen atoms in total. The predicted molar refractivity (Wildman–Crippen MR) is 119 cm³/mol. The van der Waals surface area contributed by atoms with E-state index in [1.807, 2.05) is 30.3 Å². The summed E-state index contributed by atoms with van der Waals surface area (Å²) in [7, 11) is 1.78. The van der Waals surface area contributed by atoms with Gasteiger partial charge in [0.1, 0.15) is 5.01 Å². The van der Waals surface area contributed by atoms with Gasteiger partial charge in [0.05, 0.1) is 10.4 Å². The molecule has 0 spiro atoms. The molecule has 2 heterocycles. The lowest BCUT2D eigenvalue weighted by Crippen LogP contribution is -2.04. The van der Waals surface area contributed by atoms with E-state index in [2.05, 4.69) is 15.3 Å². The summed E-state index contributed by atoms with van der Waals surface area (Å²) in [5.41, 5.74) is 1.28. The second-order valence-corrected chi connectivity index (χ2v) is 8.48. The molecular formula is C22H18F3N3OS2.